The summed E-state index contributed by atoms with van der Waals surface area (Å²) in [4.78, 5) is 23.8. The van der Waals surface area contributed by atoms with Gasteiger partial charge in [-0.05, 0) is 69.5 Å². The van der Waals surface area contributed by atoms with Crippen LogP contribution in [0.1, 0.15) is 175 Å². The van der Waals surface area contributed by atoms with Gasteiger partial charge in [-0.3, -0.25) is 9.59 Å². The highest BCUT2D eigenvalue weighted by atomic mass is 32.1. The van der Waals surface area contributed by atoms with Crippen LogP contribution in [-0.4, -0.2) is 36.8 Å². The summed E-state index contributed by atoms with van der Waals surface area (Å²) >= 11 is 5.13. The first kappa shape index (κ1) is 42.3. The van der Waals surface area contributed by atoms with E-state index in [4.69, 9.17) is 26.4 Å². The monoisotopic (exact) mass is 636 g/mol. The van der Waals surface area contributed by atoms with Crippen LogP contribution >= 0.6 is 12.2 Å². The number of unbranched alkanes of at least 4 members (excludes halogenated alkanes) is 16. The molecule has 0 radical (unpaired) electrons. The Bertz CT molecular complexity index is 681. The minimum Gasteiger partial charge on any atom is -0.487 e. The Morgan fingerprint density at radius 1 is 0.545 bits per heavy atom. The van der Waals surface area contributed by atoms with Crippen molar-refractivity contribution in [3.63, 3.8) is 0 Å². The summed E-state index contributed by atoms with van der Waals surface area (Å²) in [6.45, 7) is 7.81. The molecule has 0 saturated carbocycles. The second-order valence-electron chi connectivity index (χ2n) is 12.3. The highest BCUT2D eigenvalue weighted by molar-refractivity contribution is 7.80. The van der Waals surface area contributed by atoms with E-state index in [-0.39, 0.29) is 11.9 Å². The van der Waals surface area contributed by atoms with E-state index < -0.39 is 0 Å². The molecule has 5 nitrogen and oxygen atoms in total. The number of esters is 2. The Balaban J connectivity index is 3.81. The number of rotatable bonds is 32. The van der Waals surface area contributed by atoms with E-state index in [2.05, 4.69) is 26.0 Å². The van der Waals surface area contributed by atoms with Crippen LogP contribution in [0.4, 0.5) is 0 Å². The molecule has 0 aromatic carbocycles. The van der Waals surface area contributed by atoms with Crippen molar-refractivity contribution in [2.45, 2.75) is 175 Å². The van der Waals surface area contributed by atoms with Crippen molar-refractivity contribution < 1.29 is 23.8 Å². The Labute approximate surface area is 277 Å². The third-order valence-electron chi connectivity index (χ3n) is 7.97. The highest BCUT2D eigenvalue weighted by Crippen LogP contribution is 2.20. The first-order valence-corrected chi connectivity index (χ1v) is 18.6. The average molecular weight is 637 g/mol. The molecule has 0 aromatic rings. The maximum Gasteiger partial charge on any atom is 0.306 e. The predicted molar refractivity (Wildman–Crippen MR) is 190 cm³/mol. The Kier molecular flexibility index (Phi) is 32.9. The highest BCUT2D eigenvalue weighted by Gasteiger charge is 2.10. The van der Waals surface area contributed by atoms with Crippen LogP contribution in [0.3, 0.4) is 0 Å². The van der Waals surface area contributed by atoms with Crippen LogP contribution in [0, 0.1) is 5.92 Å². The number of carbonyl (C=O) groups excluding carboxylic acids is 2. The van der Waals surface area contributed by atoms with Gasteiger partial charge in [-0.1, -0.05) is 128 Å². The van der Waals surface area contributed by atoms with Crippen LogP contribution in [0.5, 0.6) is 0 Å². The zero-order valence-electron chi connectivity index (χ0n) is 28.9. The molecule has 0 amide bonds. The molecule has 0 aliphatic rings. The number of hydrogen-bond donors (Lipinski definition) is 0. The molecule has 0 aliphatic carbocycles. The van der Waals surface area contributed by atoms with Crippen LogP contribution < -0.4 is 0 Å². The fourth-order valence-corrected chi connectivity index (χ4v) is 5.26. The molecule has 0 bridgehead atoms. The molecule has 0 aromatic heterocycles. The lowest BCUT2D eigenvalue weighted by molar-refractivity contribution is -0.143. The fraction of sp³-hybridized carbons (Fsp3) is 0.816. The molecular weight excluding hydrogens is 568 g/mol. The largest absolute Gasteiger partial charge is 0.487 e. The standard InChI is InChI=1S/C38H68O5S/c1-4-6-8-10-12-20-26-32-41-37(39)30-24-18-14-16-22-28-36(34-43-35(3)44)29-23-17-15-19-25-31-38(40)42-33-27-21-13-11-9-7-5-2/h20-21,26-27,36H,4-19,22-25,28-34H2,1-3H3/b26-20-,27-21-. The van der Waals surface area contributed by atoms with Crippen LogP contribution in [0.25, 0.3) is 0 Å². The van der Waals surface area contributed by atoms with Crippen molar-refractivity contribution in [1.82, 2.24) is 0 Å². The molecule has 0 aliphatic heterocycles. The second kappa shape index (κ2) is 34.2. The van der Waals surface area contributed by atoms with Gasteiger partial charge in [-0.25, -0.2) is 0 Å². The molecule has 0 saturated heterocycles. The minimum atomic E-state index is -0.0791. The second-order valence-corrected chi connectivity index (χ2v) is 12.9. The van der Waals surface area contributed by atoms with Gasteiger partial charge in [0, 0.05) is 19.8 Å². The zero-order chi connectivity index (χ0) is 32.4. The third kappa shape index (κ3) is 33.2. The van der Waals surface area contributed by atoms with Crippen molar-refractivity contribution in [2.75, 3.05) is 19.8 Å². The lowest BCUT2D eigenvalue weighted by atomic mass is 9.94. The van der Waals surface area contributed by atoms with Crippen LogP contribution in [0.2, 0.25) is 0 Å². The first-order valence-electron chi connectivity index (χ1n) is 18.2. The van der Waals surface area contributed by atoms with Gasteiger partial charge in [0.25, 0.3) is 0 Å². The van der Waals surface area contributed by atoms with E-state index in [0.717, 1.165) is 64.2 Å². The Morgan fingerprint density at radius 3 is 1.39 bits per heavy atom. The Hall–Kier alpha value is -1.69. The molecule has 0 spiro atoms. The molecular formula is C38H68O5S. The van der Waals surface area contributed by atoms with Gasteiger partial charge in [0.2, 0.25) is 0 Å². The molecule has 0 rings (SSSR count). The van der Waals surface area contributed by atoms with Gasteiger partial charge in [0.05, 0.1) is 6.61 Å². The summed E-state index contributed by atoms with van der Waals surface area (Å²) < 4.78 is 16.3. The SMILES string of the molecule is CCCCCC/C=C\COC(=O)CCCCCCCC(CCCCCCCC(=O)OC/C=C\CCCCCC)COC(C)=S. The summed E-state index contributed by atoms with van der Waals surface area (Å²) in [7, 11) is 0. The molecule has 44 heavy (non-hydrogen) atoms. The average Bonchev–Trinajstić information content (AvgIpc) is 3.00. The lowest BCUT2D eigenvalue weighted by Crippen LogP contribution is -2.12. The topological polar surface area (TPSA) is 61.8 Å². The first-order chi connectivity index (χ1) is 21.5. The Morgan fingerprint density at radius 2 is 0.955 bits per heavy atom. The summed E-state index contributed by atoms with van der Waals surface area (Å²) in [5.41, 5.74) is 0. The van der Waals surface area contributed by atoms with E-state index in [9.17, 15) is 9.59 Å². The van der Waals surface area contributed by atoms with E-state index >= 15 is 0 Å². The number of thiocarbonyl (C=S) groups is 1. The zero-order valence-corrected chi connectivity index (χ0v) is 29.7. The minimum absolute atomic E-state index is 0.0791. The molecule has 0 N–H and O–H groups in total. The smallest absolute Gasteiger partial charge is 0.306 e. The van der Waals surface area contributed by atoms with Crippen molar-refractivity contribution in [2.24, 2.45) is 5.92 Å². The number of allylic oxidation sites excluding steroid dienone is 2. The van der Waals surface area contributed by atoms with Gasteiger partial charge in [0.15, 0.2) is 5.05 Å². The quantitative estimate of drug-likeness (QED) is 0.0317. The van der Waals surface area contributed by atoms with Gasteiger partial charge < -0.3 is 14.2 Å². The van der Waals surface area contributed by atoms with Crippen molar-refractivity contribution in [3.05, 3.63) is 24.3 Å². The number of ether oxygens (including phenoxy) is 3. The van der Waals surface area contributed by atoms with Gasteiger partial charge >= 0.3 is 11.9 Å². The van der Waals surface area contributed by atoms with Crippen LogP contribution in [-0.2, 0) is 23.8 Å². The molecule has 0 fully saturated rings. The maximum atomic E-state index is 11.9. The summed E-state index contributed by atoms with van der Waals surface area (Å²) in [6.07, 6.45) is 34.9. The predicted octanol–water partition coefficient (Wildman–Crippen LogP) is 11.6. The van der Waals surface area contributed by atoms with E-state index in [1.165, 1.54) is 77.0 Å². The molecule has 0 unspecified atom stereocenters. The molecule has 256 valence electrons. The summed E-state index contributed by atoms with van der Waals surface area (Å²) in [5.74, 6) is 0.381. The molecule has 0 heterocycles. The third-order valence-corrected chi connectivity index (χ3v) is 8.09. The summed E-state index contributed by atoms with van der Waals surface area (Å²) in [6, 6.07) is 0. The fourth-order valence-electron chi connectivity index (χ4n) is 5.19. The number of carbonyl (C=O) groups is 2. The van der Waals surface area contributed by atoms with E-state index in [1.54, 1.807) is 0 Å². The van der Waals surface area contributed by atoms with E-state index in [1.807, 2.05) is 19.1 Å². The molecule has 6 heteroatoms. The summed E-state index contributed by atoms with van der Waals surface area (Å²) in [5, 5.41) is 0.624. The van der Waals surface area contributed by atoms with E-state index in [0.29, 0.717) is 43.6 Å². The van der Waals surface area contributed by atoms with Gasteiger partial charge in [0.1, 0.15) is 13.2 Å². The van der Waals surface area contributed by atoms with Crippen molar-refractivity contribution in [1.29, 1.82) is 0 Å². The molecule has 0 atom stereocenters. The lowest BCUT2D eigenvalue weighted by Gasteiger charge is -2.17. The number of hydrogen-bond acceptors (Lipinski definition) is 6. The van der Waals surface area contributed by atoms with Crippen LogP contribution in [0.15, 0.2) is 24.3 Å². The maximum absolute atomic E-state index is 11.9. The van der Waals surface area contributed by atoms with Gasteiger partial charge in [-0.15, -0.1) is 0 Å². The van der Waals surface area contributed by atoms with Crippen molar-refractivity contribution in [3.8, 4) is 0 Å². The normalized spacial score (nSPS) is 11.5. The van der Waals surface area contributed by atoms with Crippen molar-refractivity contribution >= 4 is 29.2 Å². The van der Waals surface area contributed by atoms with Gasteiger partial charge in [-0.2, -0.15) is 0 Å².